The molecular formula is C18H29ClN2O. The molecule has 1 aliphatic heterocycles. The SMILES string of the molecule is CC(C)Cc1ccc(CC(=O)NC2CNCCC2C)cc1.Cl. The molecule has 0 spiro atoms. The van der Waals surface area contributed by atoms with Crippen molar-refractivity contribution in [3.8, 4) is 0 Å². The summed E-state index contributed by atoms with van der Waals surface area (Å²) >= 11 is 0. The summed E-state index contributed by atoms with van der Waals surface area (Å²) in [6.45, 7) is 8.61. The second kappa shape index (κ2) is 9.16. The molecule has 1 aliphatic rings. The van der Waals surface area contributed by atoms with E-state index in [1.165, 1.54) is 5.56 Å². The number of carbonyl (C=O) groups is 1. The molecule has 1 fully saturated rings. The smallest absolute Gasteiger partial charge is 0.224 e. The van der Waals surface area contributed by atoms with Crippen LogP contribution in [0.15, 0.2) is 24.3 Å². The third-order valence-corrected chi connectivity index (χ3v) is 4.21. The van der Waals surface area contributed by atoms with Gasteiger partial charge in [0, 0.05) is 12.6 Å². The number of hydrogen-bond donors (Lipinski definition) is 2. The summed E-state index contributed by atoms with van der Waals surface area (Å²) < 4.78 is 0. The van der Waals surface area contributed by atoms with E-state index in [1.54, 1.807) is 0 Å². The Morgan fingerprint density at radius 2 is 1.91 bits per heavy atom. The monoisotopic (exact) mass is 324 g/mol. The first-order valence-corrected chi connectivity index (χ1v) is 8.12. The van der Waals surface area contributed by atoms with E-state index in [1.807, 2.05) is 0 Å². The Balaban J connectivity index is 0.00000242. The van der Waals surface area contributed by atoms with Crippen LogP contribution in [0.4, 0.5) is 0 Å². The van der Waals surface area contributed by atoms with Crippen molar-refractivity contribution in [3.63, 3.8) is 0 Å². The Hall–Kier alpha value is -1.06. The van der Waals surface area contributed by atoms with Crippen molar-refractivity contribution in [1.29, 1.82) is 0 Å². The molecule has 0 aliphatic carbocycles. The van der Waals surface area contributed by atoms with Gasteiger partial charge >= 0.3 is 0 Å². The average molecular weight is 325 g/mol. The molecule has 2 unspecified atom stereocenters. The Morgan fingerprint density at radius 1 is 1.27 bits per heavy atom. The Morgan fingerprint density at radius 3 is 2.50 bits per heavy atom. The highest BCUT2D eigenvalue weighted by atomic mass is 35.5. The fourth-order valence-corrected chi connectivity index (χ4v) is 2.89. The van der Waals surface area contributed by atoms with E-state index in [2.05, 4.69) is 55.7 Å². The molecule has 0 aromatic heterocycles. The maximum Gasteiger partial charge on any atom is 0.224 e. The molecule has 0 saturated carbocycles. The van der Waals surface area contributed by atoms with Crippen molar-refractivity contribution in [1.82, 2.24) is 10.6 Å². The number of benzene rings is 1. The first-order chi connectivity index (χ1) is 10.0. The zero-order chi connectivity index (χ0) is 15.2. The highest BCUT2D eigenvalue weighted by molar-refractivity contribution is 5.85. The standard InChI is InChI=1S/C18H28N2O.ClH/c1-13(2)10-15-4-6-16(7-5-15)11-18(21)20-17-12-19-9-8-14(17)3;/h4-7,13-14,17,19H,8-12H2,1-3H3,(H,20,21);1H. The Kier molecular flexibility index (Phi) is 7.91. The lowest BCUT2D eigenvalue weighted by atomic mass is 9.94. The van der Waals surface area contributed by atoms with Gasteiger partial charge in [-0.1, -0.05) is 45.0 Å². The molecule has 1 aromatic rings. The maximum absolute atomic E-state index is 12.2. The van der Waals surface area contributed by atoms with Crippen LogP contribution < -0.4 is 10.6 Å². The molecule has 1 saturated heterocycles. The van der Waals surface area contributed by atoms with E-state index in [0.29, 0.717) is 18.3 Å². The van der Waals surface area contributed by atoms with Gasteiger partial charge in [-0.3, -0.25) is 4.79 Å². The normalized spacial score (nSPS) is 21.3. The summed E-state index contributed by atoms with van der Waals surface area (Å²) in [6, 6.07) is 8.73. The molecular weight excluding hydrogens is 296 g/mol. The predicted molar refractivity (Wildman–Crippen MR) is 94.5 cm³/mol. The van der Waals surface area contributed by atoms with Crippen molar-refractivity contribution >= 4 is 18.3 Å². The quantitative estimate of drug-likeness (QED) is 0.874. The topological polar surface area (TPSA) is 41.1 Å². The van der Waals surface area contributed by atoms with Crippen molar-refractivity contribution in [3.05, 3.63) is 35.4 Å². The van der Waals surface area contributed by atoms with Crippen molar-refractivity contribution in [2.75, 3.05) is 13.1 Å². The van der Waals surface area contributed by atoms with E-state index >= 15 is 0 Å². The fourth-order valence-electron chi connectivity index (χ4n) is 2.89. The molecule has 2 rings (SSSR count). The predicted octanol–water partition coefficient (Wildman–Crippen LogP) is 2.96. The minimum absolute atomic E-state index is 0. The number of amides is 1. The maximum atomic E-state index is 12.2. The van der Waals surface area contributed by atoms with Crippen molar-refractivity contribution in [2.45, 2.75) is 46.1 Å². The molecule has 0 radical (unpaired) electrons. The highest BCUT2D eigenvalue weighted by Gasteiger charge is 2.22. The lowest BCUT2D eigenvalue weighted by Gasteiger charge is -2.30. The second-order valence-electron chi connectivity index (χ2n) is 6.74. The summed E-state index contributed by atoms with van der Waals surface area (Å²) in [5.74, 6) is 1.36. The van der Waals surface area contributed by atoms with Crippen molar-refractivity contribution < 1.29 is 4.79 Å². The van der Waals surface area contributed by atoms with Gasteiger partial charge in [0.1, 0.15) is 0 Å². The van der Waals surface area contributed by atoms with Crippen LogP contribution in [0.5, 0.6) is 0 Å². The van der Waals surface area contributed by atoms with Gasteiger partial charge in [0.2, 0.25) is 5.91 Å². The number of piperidine rings is 1. The molecule has 3 nitrogen and oxygen atoms in total. The number of halogens is 1. The van der Waals surface area contributed by atoms with E-state index in [-0.39, 0.29) is 24.4 Å². The third-order valence-electron chi connectivity index (χ3n) is 4.21. The molecule has 0 bridgehead atoms. The van der Waals surface area contributed by atoms with Crippen LogP contribution in [0, 0.1) is 11.8 Å². The average Bonchev–Trinajstić information content (AvgIpc) is 2.43. The van der Waals surface area contributed by atoms with Crippen LogP contribution in [0.25, 0.3) is 0 Å². The van der Waals surface area contributed by atoms with Gasteiger partial charge in [0.05, 0.1) is 6.42 Å². The summed E-state index contributed by atoms with van der Waals surface area (Å²) in [7, 11) is 0. The van der Waals surface area contributed by atoms with Crippen LogP contribution in [-0.4, -0.2) is 25.0 Å². The zero-order valence-corrected chi connectivity index (χ0v) is 14.7. The van der Waals surface area contributed by atoms with E-state index in [9.17, 15) is 4.79 Å². The number of carbonyl (C=O) groups excluding carboxylic acids is 1. The van der Waals surface area contributed by atoms with Gasteiger partial charge in [-0.25, -0.2) is 0 Å². The Labute approximate surface area is 140 Å². The molecule has 2 N–H and O–H groups in total. The van der Waals surface area contributed by atoms with Crippen LogP contribution in [-0.2, 0) is 17.6 Å². The van der Waals surface area contributed by atoms with E-state index in [4.69, 9.17) is 0 Å². The lowest BCUT2D eigenvalue weighted by molar-refractivity contribution is -0.121. The first-order valence-electron chi connectivity index (χ1n) is 8.12. The van der Waals surface area contributed by atoms with Crippen LogP contribution in [0.2, 0.25) is 0 Å². The van der Waals surface area contributed by atoms with Gasteiger partial charge in [-0.2, -0.15) is 0 Å². The van der Waals surface area contributed by atoms with E-state index in [0.717, 1.165) is 31.5 Å². The molecule has 1 amide bonds. The van der Waals surface area contributed by atoms with Gasteiger partial charge < -0.3 is 10.6 Å². The second-order valence-corrected chi connectivity index (χ2v) is 6.74. The summed E-state index contributed by atoms with van der Waals surface area (Å²) in [6.07, 6.45) is 2.71. The summed E-state index contributed by atoms with van der Waals surface area (Å²) in [4.78, 5) is 12.2. The molecule has 4 heteroatoms. The van der Waals surface area contributed by atoms with Gasteiger partial charge in [0.25, 0.3) is 0 Å². The first kappa shape index (κ1) is 19.0. The van der Waals surface area contributed by atoms with Crippen molar-refractivity contribution in [2.24, 2.45) is 11.8 Å². The van der Waals surface area contributed by atoms with Gasteiger partial charge in [0.15, 0.2) is 0 Å². The van der Waals surface area contributed by atoms with Gasteiger partial charge in [-0.05, 0) is 42.3 Å². The summed E-state index contributed by atoms with van der Waals surface area (Å²) in [5, 5.41) is 6.51. The number of nitrogens with one attached hydrogen (secondary N) is 2. The number of rotatable bonds is 5. The Bertz CT molecular complexity index is 459. The highest BCUT2D eigenvalue weighted by Crippen LogP contribution is 2.13. The largest absolute Gasteiger partial charge is 0.352 e. The molecule has 2 atom stereocenters. The minimum Gasteiger partial charge on any atom is -0.352 e. The molecule has 1 aromatic carbocycles. The van der Waals surface area contributed by atoms with E-state index < -0.39 is 0 Å². The van der Waals surface area contributed by atoms with Gasteiger partial charge in [-0.15, -0.1) is 12.4 Å². The molecule has 124 valence electrons. The molecule has 22 heavy (non-hydrogen) atoms. The van der Waals surface area contributed by atoms with Crippen LogP contribution >= 0.6 is 12.4 Å². The lowest BCUT2D eigenvalue weighted by Crippen LogP contribution is -2.50. The van der Waals surface area contributed by atoms with Crippen LogP contribution in [0.3, 0.4) is 0 Å². The molecule has 1 heterocycles. The third kappa shape index (κ3) is 5.98. The number of hydrogen-bond acceptors (Lipinski definition) is 2. The summed E-state index contributed by atoms with van der Waals surface area (Å²) in [5.41, 5.74) is 2.44. The minimum atomic E-state index is 0. The van der Waals surface area contributed by atoms with Crippen LogP contribution in [0.1, 0.15) is 38.3 Å². The fraction of sp³-hybridized carbons (Fsp3) is 0.611. The zero-order valence-electron chi connectivity index (χ0n) is 13.9.